The number of non-ortho nitro benzene ring substituents is 1. The van der Waals surface area contributed by atoms with Crippen molar-refractivity contribution in [2.75, 3.05) is 13.1 Å². The van der Waals surface area contributed by atoms with E-state index in [2.05, 4.69) is 15.9 Å². The molecule has 1 amide bonds. The maximum absolute atomic E-state index is 12.2. The standard InChI is InChI=1S/C12H12BrN3O3/c1-2-15(7-3-6-14)12(17)10-8-9(16(18)19)4-5-11(10)13/h4-5,8H,2-3,7H2,1H3. The first-order valence-electron chi connectivity index (χ1n) is 5.61. The average molecular weight is 326 g/mol. The molecule has 7 heteroatoms. The first-order valence-corrected chi connectivity index (χ1v) is 6.40. The molecule has 0 radical (unpaired) electrons. The van der Waals surface area contributed by atoms with Crippen molar-refractivity contribution >= 4 is 27.5 Å². The molecule has 19 heavy (non-hydrogen) atoms. The van der Waals surface area contributed by atoms with Crippen LogP contribution >= 0.6 is 15.9 Å². The van der Waals surface area contributed by atoms with Gasteiger partial charge in [-0.15, -0.1) is 0 Å². The van der Waals surface area contributed by atoms with E-state index in [4.69, 9.17) is 5.26 Å². The summed E-state index contributed by atoms with van der Waals surface area (Å²) in [6.45, 7) is 2.54. The minimum atomic E-state index is -0.547. The molecule has 0 aliphatic carbocycles. The van der Waals surface area contributed by atoms with Crippen molar-refractivity contribution in [2.24, 2.45) is 0 Å². The highest BCUT2D eigenvalue weighted by molar-refractivity contribution is 9.10. The van der Waals surface area contributed by atoms with Gasteiger partial charge in [0.15, 0.2) is 0 Å². The number of carbonyl (C=O) groups is 1. The van der Waals surface area contributed by atoms with Crippen LogP contribution in [0.1, 0.15) is 23.7 Å². The van der Waals surface area contributed by atoms with Gasteiger partial charge in [-0.25, -0.2) is 0 Å². The summed E-state index contributed by atoms with van der Waals surface area (Å²) >= 11 is 3.21. The Hall–Kier alpha value is -1.94. The Labute approximate surface area is 118 Å². The molecule has 0 bridgehead atoms. The smallest absolute Gasteiger partial charge is 0.270 e. The van der Waals surface area contributed by atoms with E-state index in [0.717, 1.165) is 0 Å². The van der Waals surface area contributed by atoms with E-state index < -0.39 is 4.92 Å². The average Bonchev–Trinajstić information content (AvgIpc) is 2.39. The van der Waals surface area contributed by atoms with Crippen LogP contribution in [0.15, 0.2) is 22.7 Å². The zero-order valence-electron chi connectivity index (χ0n) is 10.3. The van der Waals surface area contributed by atoms with Crippen molar-refractivity contribution in [3.05, 3.63) is 38.3 Å². The van der Waals surface area contributed by atoms with Crippen LogP contribution in [0.2, 0.25) is 0 Å². The Morgan fingerprint density at radius 2 is 2.26 bits per heavy atom. The lowest BCUT2D eigenvalue weighted by Crippen LogP contribution is -2.31. The second-order valence-corrected chi connectivity index (χ2v) is 4.57. The lowest BCUT2D eigenvalue weighted by atomic mass is 10.1. The highest BCUT2D eigenvalue weighted by Gasteiger charge is 2.19. The highest BCUT2D eigenvalue weighted by atomic mass is 79.9. The van der Waals surface area contributed by atoms with E-state index in [-0.39, 0.29) is 23.6 Å². The van der Waals surface area contributed by atoms with Crippen LogP contribution in [0.3, 0.4) is 0 Å². The largest absolute Gasteiger partial charge is 0.338 e. The number of hydrogen-bond donors (Lipinski definition) is 0. The minimum Gasteiger partial charge on any atom is -0.338 e. The van der Waals surface area contributed by atoms with Crippen molar-refractivity contribution < 1.29 is 9.72 Å². The molecule has 0 atom stereocenters. The third-order valence-electron chi connectivity index (χ3n) is 2.55. The van der Waals surface area contributed by atoms with Gasteiger partial charge < -0.3 is 4.90 Å². The quantitative estimate of drug-likeness (QED) is 0.615. The fourth-order valence-electron chi connectivity index (χ4n) is 1.55. The number of carbonyl (C=O) groups excluding carboxylic acids is 1. The van der Waals surface area contributed by atoms with Gasteiger partial charge in [-0.2, -0.15) is 5.26 Å². The molecule has 0 saturated carbocycles. The third-order valence-corrected chi connectivity index (χ3v) is 3.25. The fourth-order valence-corrected chi connectivity index (χ4v) is 1.97. The molecule has 0 unspecified atom stereocenters. The Morgan fingerprint density at radius 3 is 2.79 bits per heavy atom. The van der Waals surface area contributed by atoms with E-state index in [1.807, 2.05) is 6.07 Å². The molecule has 1 aromatic carbocycles. The second kappa shape index (κ2) is 6.85. The molecule has 1 rings (SSSR count). The lowest BCUT2D eigenvalue weighted by Gasteiger charge is -2.20. The lowest BCUT2D eigenvalue weighted by molar-refractivity contribution is -0.384. The molecule has 0 aliphatic heterocycles. The van der Waals surface area contributed by atoms with Gasteiger partial charge in [0.2, 0.25) is 0 Å². The molecule has 6 nitrogen and oxygen atoms in total. The summed E-state index contributed by atoms with van der Waals surface area (Å²) in [4.78, 5) is 23.9. The molecule has 0 N–H and O–H groups in total. The van der Waals surface area contributed by atoms with E-state index >= 15 is 0 Å². The predicted octanol–water partition coefficient (Wildman–Crippen LogP) is 2.73. The van der Waals surface area contributed by atoms with Gasteiger partial charge in [-0.1, -0.05) is 0 Å². The van der Waals surface area contributed by atoms with Gasteiger partial charge in [0.25, 0.3) is 11.6 Å². The zero-order chi connectivity index (χ0) is 14.4. The predicted molar refractivity (Wildman–Crippen MR) is 72.6 cm³/mol. The summed E-state index contributed by atoms with van der Waals surface area (Å²) in [6, 6.07) is 6.01. The second-order valence-electron chi connectivity index (χ2n) is 3.71. The van der Waals surface area contributed by atoms with Gasteiger partial charge in [0, 0.05) is 29.7 Å². The van der Waals surface area contributed by atoms with Crippen LogP contribution in [0.5, 0.6) is 0 Å². The first-order chi connectivity index (χ1) is 9.01. The Morgan fingerprint density at radius 1 is 1.58 bits per heavy atom. The Bertz CT molecular complexity index is 540. The van der Waals surface area contributed by atoms with Crippen LogP contribution < -0.4 is 0 Å². The number of nitrogens with zero attached hydrogens (tertiary/aromatic N) is 3. The van der Waals surface area contributed by atoms with Crippen LogP contribution in [0, 0.1) is 21.4 Å². The maximum Gasteiger partial charge on any atom is 0.270 e. The summed E-state index contributed by atoms with van der Waals surface area (Å²) in [5, 5.41) is 19.3. The van der Waals surface area contributed by atoms with Gasteiger partial charge in [-0.3, -0.25) is 14.9 Å². The van der Waals surface area contributed by atoms with E-state index in [1.54, 1.807) is 6.92 Å². The van der Waals surface area contributed by atoms with Gasteiger partial charge in [0.05, 0.1) is 23.0 Å². The molecule has 0 saturated heterocycles. The number of halogens is 1. The number of nitro benzene ring substituents is 1. The summed E-state index contributed by atoms with van der Waals surface area (Å²) in [5.74, 6) is -0.326. The number of hydrogen-bond acceptors (Lipinski definition) is 4. The number of benzene rings is 1. The van der Waals surface area contributed by atoms with Gasteiger partial charge in [-0.05, 0) is 28.9 Å². The Balaban J connectivity index is 3.06. The molecule has 0 aromatic heterocycles. The van der Waals surface area contributed by atoms with Crippen molar-refractivity contribution in [1.29, 1.82) is 5.26 Å². The summed E-state index contributed by atoms with van der Waals surface area (Å²) in [6.07, 6.45) is 0.228. The molecule has 0 fully saturated rings. The van der Waals surface area contributed by atoms with Crippen molar-refractivity contribution in [2.45, 2.75) is 13.3 Å². The first kappa shape index (κ1) is 15.1. The molecular weight excluding hydrogens is 314 g/mol. The Kier molecular flexibility index (Phi) is 5.45. The normalized spacial score (nSPS) is 9.74. The summed E-state index contributed by atoms with van der Waals surface area (Å²) < 4.78 is 0.499. The maximum atomic E-state index is 12.2. The zero-order valence-corrected chi connectivity index (χ0v) is 11.9. The summed E-state index contributed by atoms with van der Waals surface area (Å²) in [5.41, 5.74) is 0.0943. The topological polar surface area (TPSA) is 87.2 Å². The van der Waals surface area contributed by atoms with E-state index in [0.29, 0.717) is 17.6 Å². The number of amides is 1. The minimum absolute atomic E-state index is 0.136. The highest BCUT2D eigenvalue weighted by Crippen LogP contribution is 2.23. The monoisotopic (exact) mass is 325 g/mol. The van der Waals surface area contributed by atoms with Crippen molar-refractivity contribution in [3.8, 4) is 6.07 Å². The number of nitro groups is 1. The summed E-state index contributed by atoms with van der Waals surface area (Å²) in [7, 11) is 0. The van der Waals surface area contributed by atoms with Gasteiger partial charge in [0.1, 0.15) is 0 Å². The molecule has 0 heterocycles. The van der Waals surface area contributed by atoms with Crippen molar-refractivity contribution in [1.82, 2.24) is 4.90 Å². The van der Waals surface area contributed by atoms with E-state index in [9.17, 15) is 14.9 Å². The SMILES string of the molecule is CCN(CCC#N)C(=O)c1cc([N+](=O)[O-])ccc1Br. The van der Waals surface area contributed by atoms with Crippen molar-refractivity contribution in [3.63, 3.8) is 0 Å². The number of rotatable bonds is 5. The molecule has 0 spiro atoms. The molecule has 0 aliphatic rings. The van der Waals surface area contributed by atoms with Crippen LogP contribution in [-0.4, -0.2) is 28.8 Å². The van der Waals surface area contributed by atoms with Crippen LogP contribution in [-0.2, 0) is 0 Å². The van der Waals surface area contributed by atoms with Crippen LogP contribution in [0.4, 0.5) is 5.69 Å². The fraction of sp³-hybridized carbons (Fsp3) is 0.333. The number of nitriles is 1. The van der Waals surface area contributed by atoms with Gasteiger partial charge >= 0.3 is 0 Å². The molecular formula is C12H12BrN3O3. The molecule has 100 valence electrons. The van der Waals surface area contributed by atoms with E-state index in [1.165, 1.54) is 23.1 Å². The van der Waals surface area contributed by atoms with Crippen LogP contribution in [0.25, 0.3) is 0 Å². The third kappa shape index (κ3) is 3.76. The molecule has 1 aromatic rings.